The molecule has 21 heavy (non-hydrogen) atoms. The lowest BCUT2D eigenvalue weighted by Crippen LogP contribution is -2.34. The van der Waals surface area contributed by atoms with Gasteiger partial charge in [0, 0.05) is 11.7 Å². The van der Waals surface area contributed by atoms with E-state index in [1.807, 2.05) is 18.2 Å². The predicted molar refractivity (Wildman–Crippen MR) is 88.0 cm³/mol. The van der Waals surface area contributed by atoms with Crippen LogP contribution in [-0.2, 0) is 6.54 Å². The van der Waals surface area contributed by atoms with Crippen molar-refractivity contribution in [1.29, 1.82) is 0 Å². The molecule has 0 amide bonds. The number of H-pyrrole nitrogens is 1. The van der Waals surface area contributed by atoms with E-state index in [2.05, 4.69) is 28.8 Å². The van der Waals surface area contributed by atoms with Gasteiger partial charge in [-0.05, 0) is 56.8 Å². The Morgan fingerprint density at radius 3 is 2.76 bits per heavy atom. The van der Waals surface area contributed by atoms with E-state index in [9.17, 15) is 0 Å². The topological polar surface area (TPSA) is 57.9 Å². The van der Waals surface area contributed by atoms with Gasteiger partial charge in [-0.15, -0.1) is 0 Å². The number of nitrogen functional groups attached to an aromatic ring is 1. The summed E-state index contributed by atoms with van der Waals surface area (Å²) in [4.78, 5) is 10.5. The summed E-state index contributed by atoms with van der Waals surface area (Å²) in [6, 6.07) is 6.55. The fourth-order valence-electron chi connectivity index (χ4n) is 3.51. The highest BCUT2D eigenvalue weighted by Crippen LogP contribution is 2.29. The second-order valence-corrected chi connectivity index (χ2v) is 6.46. The molecule has 1 aliphatic carbocycles. The van der Waals surface area contributed by atoms with Gasteiger partial charge in [0.2, 0.25) is 0 Å². The zero-order valence-corrected chi connectivity index (χ0v) is 13.1. The minimum Gasteiger partial charge on any atom is -0.399 e. The van der Waals surface area contributed by atoms with Crippen LogP contribution in [-0.4, -0.2) is 28.0 Å². The van der Waals surface area contributed by atoms with Crippen molar-refractivity contribution >= 4 is 16.7 Å². The molecule has 0 unspecified atom stereocenters. The van der Waals surface area contributed by atoms with E-state index in [1.165, 1.54) is 32.1 Å². The molecule has 1 saturated carbocycles. The molecule has 0 aliphatic heterocycles. The van der Waals surface area contributed by atoms with E-state index < -0.39 is 0 Å². The van der Waals surface area contributed by atoms with Crippen LogP contribution in [0.2, 0.25) is 0 Å². The van der Waals surface area contributed by atoms with Crippen molar-refractivity contribution in [3.8, 4) is 0 Å². The van der Waals surface area contributed by atoms with Gasteiger partial charge in [-0.25, -0.2) is 4.98 Å². The predicted octanol–water partition coefficient (Wildman–Crippen LogP) is 3.55. The molecule has 1 aliphatic rings. The number of anilines is 1. The van der Waals surface area contributed by atoms with Crippen molar-refractivity contribution in [1.82, 2.24) is 14.9 Å². The Kier molecular flexibility index (Phi) is 4.15. The lowest BCUT2D eigenvalue weighted by Gasteiger charge is -2.34. The average molecular weight is 286 g/mol. The number of imidazole rings is 1. The fraction of sp³-hybridized carbons (Fsp3) is 0.588. The normalized spacial score (nSPS) is 23.0. The van der Waals surface area contributed by atoms with Gasteiger partial charge in [0.1, 0.15) is 5.82 Å². The third-order valence-corrected chi connectivity index (χ3v) is 4.97. The molecule has 2 aromatic rings. The van der Waals surface area contributed by atoms with Crippen LogP contribution in [0.25, 0.3) is 11.0 Å². The Morgan fingerprint density at radius 2 is 2.05 bits per heavy atom. The third kappa shape index (κ3) is 3.21. The molecule has 0 saturated heterocycles. The van der Waals surface area contributed by atoms with Gasteiger partial charge in [-0.2, -0.15) is 0 Å². The number of hydrogen-bond donors (Lipinski definition) is 2. The van der Waals surface area contributed by atoms with Gasteiger partial charge >= 0.3 is 0 Å². The monoisotopic (exact) mass is 286 g/mol. The zero-order valence-electron chi connectivity index (χ0n) is 13.1. The molecule has 4 heteroatoms. The van der Waals surface area contributed by atoms with Gasteiger partial charge in [-0.3, -0.25) is 4.90 Å². The number of nitrogens with one attached hydrogen (secondary N) is 1. The molecule has 1 aromatic heterocycles. The Balaban J connectivity index is 1.64. The first-order chi connectivity index (χ1) is 10.2. The van der Waals surface area contributed by atoms with Crippen LogP contribution >= 0.6 is 0 Å². The highest BCUT2D eigenvalue weighted by atomic mass is 15.2. The molecule has 0 atom stereocenters. The molecule has 0 radical (unpaired) electrons. The van der Waals surface area contributed by atoms with Gasteiger partial charge in [0.25, 0.3) is 0 Å². The number of aromatic nitrogens is 2. The summed E-state index contributed by atoms with van der Waals surface area (Å²) in [7, 11) is 2.22. The standard InChI is InChI=1S/C17H26N4/c1-3-12-4-7-14(8-5-12)21(2)11-17-19-15-9-6-13(18)10-16(15)20-17/h6,9-10,12,14H,3-5,7-8,11,18H2,1-2H3,(H,19,20). The van der Waals surface area contributed by atoms with E-state index in [4.69, 9.17) is 5.73 Å². The van der Waals surface area contributed by atoms with Crippen LogP contribution < -0.4 is 5.73 Å². The first kappa shape index (κ1) is 14.4. The zero-order chi connectivity index (χ0) is 14.8. The molecular weight excluding hydrogens is 260 g/mol. The minimum absolute atomic E-state index is 0.700. The van der Waals surface area contributed by atoms with Crippen LogP contribution in [0.3, 0.4) is 0 Å². The highest BCUT2D eigenvalue weighted by Gasteiger charge is 2.23. The Labute approximate surface area is 126 Å². The molecular formula is C17H26N4. The van der Waals surface area contributed by atoms with Crippen LogP contribution in [0, 0.1) is 5.92 Å². The van der Waals surface area contributed by atoms with E-state index in [-0.39, 0.29) is 0 Å². The van der Waals surface area contributed by atoms with Crippen molar-refractivity contribution in [3.63, 3.8) is 0 Å². The molecule has 1 heterocycles. The summed E-state index contributed by atoms with van der Waals surface area (Å²) in [6.45, 7) is 3.20. The second kappa shape index (κ2) is 6.06. The molecule has 0 bridgehead atoms. The van der Waals surface area contributed by atoms with E-state index in [0.717, 1.165) is 35.0 Å². The highest BCUT2D eigenvalue weighted by molar-refractivity contribution is 5.78. The first-order valence-corrected chi connectivity index (χ1v) is 8.10. The summed E-state index contributed by atoms with van der Waals surface area (Å²) in [5.41, 5.74) is 8.64. The summed E-state index contributed by atoms with van der Waals surface area (Å²) >= 11 is 0. The van der Waals surface area contributed by atoms with Crippen molar-refractivity contribution in [2.45, 2.75) is 51.6 Å². The number of nitrogens with two attached hydrogens (primary N) is 1. The SMILES string of the molecule is CCC1CCC(N(C)Cc2nc3ccc(N)cc3[nH]2)CC1. The lowest BCUT2D eigenvalue weighted by atomic mass is 9.84. The molecule has 0 spiro atoms. The minimum atomic E-state index is 0.700. The molecule has 3 rings (SSSR count). The van der Waals surface area contributed by atoms with Crippen molar-refractivity contribution in [3.05, 3.63) is 24.0 Å². The first-order valence-electron chi connectivity index (χ1n) is 8.10. The average Bonchev–Trinajstić information content (AvgIpc) is 2.88. The van der Waals surface area contributed by atoms with E-state index >= 15 is 0 Å². The summed E-state index contributed by atoms with van der Waals surface area (Å²) in [5, 5.41) is 0. The molecule has 1 aromatic carbocycles. The van der Waals surface area contributed by atoms with E-state index in [1.54, 1.807) is 0 Å². The van der Waals surface area contributed by atoms with Crippen LogP contribution in [0.15, 0.2) is 18.2 Å². The summed E-state index contributed by atoms with van der Waals surface area (Å²) in [5.74, 6) is 1.99. The fourth-order valence-corrected chi connectivity index (χ4v) is 3.51. The number of hydrogen-bond acceptors (Lipinski definition) is 3. The van der Waals surface area contributed by atoms with E-state index in [0.29, 0.717) is 6.04 Å². The van der Waals surface area contributed by atoms with Crippen LogP contribution in [0.5, 0.6) is 0 Å². The number of benzene rings is 1. The van der Waals surface area contributed by atoms with Crippen molar-refractivity contribution in [2.75, 3.05) is 12.8 Å². The number of nitrogens with zero attached hydrogens (tertiary/aromatic N) is 2. The molecule has 114 valence electrons. The van der Waals surface area contributed by atoms with Crippen molar-refractivity contribution in [2.24, 2.45) is 5.92 Å². The largest absolute Gasteiger partial charge is 0.399 e. The van der Waals surface area contributed by atoms with Crippen molar-refractivity contribution < 1.29 is 0 Å². The van der Waals surface area contributed by atoms with Crippen LogP contribution in [0.1, 0.15) is 44.9 Å². The van der Waals surface area contributed by atoms with Gasteiger partial charge in [0.15, 0.2) is 0 Å². The molecule has 4 nitrogen and oxygen atoms in total. The second-order valence-electron chi connectivity index (χ2n) is 6.46. The maximum atomic E-state index is 5.82. The quantitative estimate of drug-likeness (QED) is 0.845. The smallest absolute Gasteiger partial charge is 0.121 e. The van der Waals surface area contributed by atoms with Gasteiger partial charge < -0.3 is 10.7 Å². The maximum Gasteiger partial charge on any atom is 0.121 e. The third-order valence-electron chi connectivity index (χ3n) is 4.97. The number of fused-ring (bicyclic) bond motifs is 1. The Morgan fingerprint density at radius 1 is 1.29 bits per heavy atom. The summed E-state index contributed by atoms with van der Waals surface area (Å²) in [6.07, 6.45) is 6.73. The Hall–Kier alpha value is -1.55. The molecule has 1 fully saturated rings. The molecule has 3 N–H and O–H groups in total. The van der Waals surface area contributed by atoms with Gasteiger partial charge in [-0.1, -0.05) is 13.3 Å². The lowest BCUT2D eigenvalue weighted by molar-refractivity contribution is 0.155. The van der Waals surface area contributed by atoms with Gasteiger partial charge in [0.05, 0.1) is 17.6 Å². The maximum absolute atomic E-state index is 5.82. The number of aromatic amines is 1. The number of rotatable bonds is 4. The Bertz CT molecular complexity index is 596. The summed E-state index contributed by atoms with van der Waals surface area (Å²) < 4.78 is 0. The van der Waals surface area contributed by atoms with Crippen LogP contribution in [0.4, 0.5) is 5.69 Å².